The van der Waals surface area contributed by atoms with Crippen molar-refractivity contribution in [3.8, 4) is 0 Å². The second kappa shape index (κ2) is 3.77. The van der Waals surface area contributed by atoms with Crippen LogP contribution in [0.3, 0.4) is 0 Å². The topological polar surface area (TPSA) is 76.3 Å². The van der Waals surface area contributed by atoms with E-state index in [2.05, 4.69) is 4.98 Å². The smallest absolute Gasteiger partial charge is 0.245 e. The molecule has 0 radical (unpaired) electrons. The monoisotopic (exact) mass is 168 g/mol. The minimum Gasteiger partial charge on any atom is -0.392 e. The van der Waals surface area contributed by atoms with Gasteiger partial charge in [0.25, 0.3) is 0 Å². The molecule has 0 aliphatic heterocycles. The maximum Gasteiger partial charge on any atom is 0.245 e. The average molecular weight is 168 g/mol. The van der Waals surface area contributed by atoms with Gasteiger partial charge in [-0.2, -0.15) is 0 Å². The van der Waals surface area contributed by atoms with E-state index in [1.807, 2.05) is 0 Å². The number of aliphatic hydroxyl groups excluding tert-OH is 1. The Balaban J connectivity index is 2.89. The van der Waals surface area contributed by atoms with Crippen LogP contribution in [0.4, 0.5) is 0 Å². The molecule has 1 heterocycles. The van der Waals surface area contributed by atoms with E-state index in [1.165, 1.54) is 6.20 Å². The summed E-state index contributed by atoms with van der Waals surface area (Å²) in [4.78, 5) is 13.4. The average Bonchev–Trinajstić information content (AvgIpc) is 2.04. The van der Waals surface area contributed by atoms with Gasteiger partial charge in [-0.15, -0.1) is 0 Å². The summed E-state index contributed by atoms with van der Waals surface area (Å²) >= 11 is 0. The number of hydrogen-bond donors (Lipinski definition) is 1. The Morgan fingerprint density at radius 1 is 1.67 bits per heavy atom. The molecule has 1 aromatic heterocycles. The van der Waals surface area contributed by atoms with Crippen molar-refractivity contribution in [3.05, 3.63) is 39.7 Å². The van der Waals surface area contributed by atoms with Crippen LogP contribution in [0, 0.1) is 10.1 Å². The molecule has 0 saturated heterocycles. The zero-order valence-corrected chi connectivity index (χ0v) is 6.30. The molecule has 0 spiro atoms. The maximum atomic E-state index is 10.1. The van der Waals surface area contributed by atoms with Crippen LogP contribution < -0.4 is 0 Å². The van der Waals surface area contributed by atoms with Crippen molar-refractivity contribution in [1.82, 2.24) is 4.98 Å². The molecule has 12 heavy (non-hydrogen) atoms. The molecular formula is C7H8N2O3. The van der Waals surface area contributed by atoms with E-state index in [1.54, 1.807) is 12.1 Å². The highest BCUT2D eigenvalue weighted by Crippen LogP contribution is 2.05. The highest BCUT2D eigenvalue weighted by Gasteiger charge is 2.07. The van der Waals surface area contributed by atoms with Crippen LogP contribution in [0.5, 0.6) is 0 Å². The van der Waals surface area contributed by atoms with Crippen molar-refractivity contribution in [2.24, 2.45) is 0 Å². The van der Waals surface area contributed by atoms with Gasteiger partial charge in [-0.25, -0.2) is 0 Å². The molecule has 1 aromatic rings. The van der Waals surface area contributed by atoms with Crippen molar-refractivity contribution in [2.45, 2.75) is 13.2 Å². The van der Waals surface area contributed by atoms with Crippen LogP contribution >= 0.6 is 0 Å². The van der Waals surface area contributed by atoms with E-state index < -0.39 is 4.92 Å². The van der Waals surface area contributed by atoms with Crippen LogP contribution in [-0.2, 0) is 13.2 Å². The van der Waals surface area contributed by atoms with Gasteiger partial charge in [-0.1, -0.05) is 6.07 Å². The van der Waals surface area contributed by atoms with Crippen molar-refractivity contribution in [1.29, 1.82) is 0 Å². The van der Waals surface area contributed by atoms with Crippen LogP contribution in [0.1, 0.15) is 11.3 Å². The molecule has 0 atom stereocenters. The zero-order valence-electron chi connectivity index (χ0n) is 6.30. The summed E-state index contributed by atoms with van der Waals surface area (Å²) in [6, 6.07) is 3.25. The first-order valence-corrected chi connectivity index (χ1v) is 3.39. The second-order valence-electron chi connectivity index (χ2n) is 2.26. The van der Waals surface area contributed by atoms with Crippen LogP contribution in [-0.4, -0.2) is 15.0 Å². The Labute approximate surface area is 68.8 Å². The molecule has 0 bridgehead atoms. The molecular weight excluding hydrogens is 160 g/mol. The van der Waals surface area contributed by atoms with E-state index in [0.717, 1.165) is 0 Å². The van der Waals surface area contributed by atoms with Crippen LogP contribution in [0.15, 0.2) is 18.3 Å². The molecule has 0 aliphatic rings. The number of nitro groups is 1. The molecule has 5 nitrogen and oxygen atoms in total. The molecule has 1 rings (SSSR count). The number of pyridine rings is 1. The fraction of sp³-hybridized carbons (Fsp3) is 0.286. The number of nitrogens with zero attached hydrogens (tertiary/aromatic N) is 2. The molecule has 0 fully saturated rings. The van der Waals surface area contributed by atoms with Crippen molar-refractivity contribution < 1.29 is 10.0 Å². The molecule has 1 N–H and O–H groups in total. The fourth-order valence-electron chi connectivity index (χ4n) is 0.880. The van der Waals surface area contributed by atoms with E-state index >= 15 is 0 Å². The molecule has 5 heteroatoms. The number of rotatable bonds is 3. The van der Waals surface area contributed by atoms with Gasteiger partial charge >= 0.3 is 0 Å². The van der Waals surface area contributed by atoms with Gasteiger partial charge in [0, 0.05) is 16.7 Å². The minimum absolute atomic E-state index is 0.211. The highest BCUT2D eigenvalue weighted by molar-refractivity contribution is 5.17. The first-order valence-electron chi connectivity index (χ1n) is 3.39. The third-order valence-corrected chi connectivity index (χ3v) is 1.43. The van der Waals surface area contributed by atoms with Crippen molar-refractivity contribution in [2.75, 3.05) is 0 Å². The summed E-state index contributed by atoms with van der Waals surface area (Å²) in [6.07, 6.45) is 1.47. The minimum atomic E-state index is -0.471. The van der Waals surface area contributed by atoms with Gasteiger partial charge in [0.05, 0.1) is 6.61 Å². The van der Waals surface area contributed by atoms with Gasteiger partial charge in [0.15, 0.2) is 0 Å². The van der Waals surface area contributed by atoms with Gasteiger partial charge in [-0.3, -0.25) is 15.1 Å². The summed E-state index contributed by atoms with van der Waals surface area (Å²) in [5.74, 6) is 0. The normalized spacial score (nSPS) is 9.75. The number of aliphatic hydroxyl groups is 1. The number of hydrogen-bond acceptors (Lipinski definition) is 4. The van der Waals surface area contributed by atoms with E-state index in [9.17, 15) is 10.1 Å². The summed E-state index contributed by atoms with van der Waals surface area (Å²) < 4.78 is 0. The predicted octanol–water partition coefficient (Wildman–Crippen LogP) is 0.351. The molecule has 0 aliphatic carbocycles. The molecule has 0 aromatic carbocycles. The van der Waals surface area contributed by atoms with Crippen molar-refractivity contribution in [3.63, 3.8) is 0 Å². The Morgan fingerprint density at radius 2 is 2.42 bits per heavy atom. The van der Waals surface area contributed by atoms with Gasteiger partial charge in [-0.05, 0) is 6.07 Å². The predicted molar refractivity (Wildman–Crippen MR) is 40.9 cm³/mol. The third kappa shape index (κ3) is 2.00. The Kier molecular flexibility index (Phi) is 2.71. The lowest BCUT2D eigenvalue weighted by Crippen LogP contribution is -2.04. The Morgan fingerprint density at radius 3 is 3.00 bits per heavy atom. The largest absolute Gasteiger partial charge is 0.392 e. The summed E-state index contributed by atoms with van der Waals surface area (Å²) in [7, 11) is 0. The first-order chi connectivity index (χ1) is 5.74. The standard InChI is InChI=1S/C7H8N2O3/c10-5-6-2-1-3-8-7(6)4-9(11)12/h1-3,10H,4-5H2. The third-order valence-electron chi connectivity index (χ3n) is 1.43. The molecule has 0 saturated carbocycles. The summed E-state index contributed by atoms with van der Waals surface area (Å²) in [6.45, 7) is -0.548. The van der Waals surface area contributed by atoms with Gasteiger partial charge < -0.3 is 5.11 Å². The SMILES string of the molecule is O=[N+]([O-])Cc1ncccc1CO. The highest BCUT2D eigenvalue weighted by atomic mass is 16.6. The number of aromatic nitrogens is 1. The van der Waals surface area contributed by atoms with Gasteiger partial charge in [0.1, 0.15) is 5.69 Å². The lowest BCUT2D eigenvalue weighted by molar-refractivity contribution is -0.497. The van der Waals surface area contributed by atoms with E-state index in [0.29, 0.717) is 11.3 Å². The Hall–Kier alpha value is -1.49. The second-order valence-corrected chi connectivity index (χ2v) is 2.26. The Bertz CT molecular complexity index is 288. The molecule has 0 unspecified atom stereocenters. The summed E-state index contributed by atoms with van der Waals surface area (Å²) in [5, 5.41) is 18.9. The quantitative estimate of drug-likeness (QED) is 0.522. The lowest BCUT2D eigenvalue weighted by Gasteiger charge is -1.99. The maximum absolute atomic E-state index is 10.1. The van der Waals surface area contributed by atoms with Crippen molar-refractivity contribution >= 4 is 0 Å². The van der Waals surface area contributed by atoms with Gasteiger partial charge in [0.2, 0.25) is 6.54 Å². The molecule has 0 amide bonds. The molecule has 64 valence electrons. The first kappa shape index (κ1) is 8.61. The summed E-state index contributed by atoms with van der Waals surface area (Å²) in [5.41, 5.74) is 0.833. The lowest BCUT2D eigenvalue weighted by atomic mass is 10.2. The zero-order chi connectivity index (χ0) is 8.97. The van der Waals surface area contributed by atoms with E-state index in [4.69, 9.17) is 5.11 Å². The fourth-order valence-corrected chi connectivity index (χ4v) is 0.880. The van der Waals surface area contributed by atoms with Crippen LogP contribution in [0.2, 0.25) is 0 Å². The van der Waals surface area contributed by atoms with E-state index in [-0.39, 0.29) is 13.2 Å². The van der Waals surface area contributed by atoms with Crippen LogP contribution in [0.25, 0.3) is 0 Å².